The van der Waals surface area contributed by atoms with Crippen molar-refractivity contribution in [3.8, 4) is 0 Å². The molecule has 0 aliphatic carbocycles. The third kappa shape index (κ3) is 1.78. The molecule has 1 fully saturated rings. The van der Waals surface area contributed by atoms with E-state index in [1.54, 1.807) is 12.5 Å². The van der Waals surface area contributed by atoms with Gasteiger partial charge in [0.15, 0.2) is 0 Å². The number of hydrogen-bond donors (Lipinski definition) is 1. The van der Waals surface area contributed by atoms with Crippen molar-refractivity contribution in [3.05, 3.63) is 18.6 Å². The van der Waals surface area contributed by atoms with E-state index >= 15 is 0 Å². The van der Waals surface area contributed by atoms with E-state index in [1.165, 1.54) is 6.42 Å². The lowest BCUT2D eigenvalue weighted by Crippen LogP contribution is -2.29. The summed E-state index contributed by atoms with van der Waals surface area (Å²) in [5.74, 6) is 1.03. The maximum atomic E-state index is 4.22. The SMILES string of the molecule is CN[C@@H]1CCN(c2ccncn2)C1. The monoisotopic (exact) mass is 178 g/mol. The molecule has 4 nitrogen and oxygen atoms in total. The van der Waals surface area contributed by atoms with Gasteiger partial charge in [0.1, 0.15) is 12.1 Å². The summed E-state index contributed by atoms with van der Waals surface area (Å²) in [5, 5.41) is 3.28. The Kier molecular flexibility index (Phi) is 2.40. The topological polar surface area (TPSA) is 41.0 Å². The Hall–Kier alpha value is -1.16. The van der Waals surface area contributed by atoms with Gasteiger partial charge in [0.05, 0.1) is 0 Å². The molecule has 0 spiro atoms. The van der Waals surface area contributed by atoms with Crippen LogP contribution < -0.4 is 10.2 Å². The average molecular weight is 178 g/mol. The molecule has 0 bridgehead atoms. The van der Waals surface area contributed by atoms with Gasteiger partial charge >= 0.3 is 0 Å². The molecule has 1 saturated heterocycles. The van der Waals surface area contributed by atoms with Crippen molar-refractivity contribution in [2.24, 2.45) is 0 Å². The van der Waals surface area contributed by atoms with Crippen LogP contribution in [0.4, 0.5) is 5.82 Å². The molecule has 0 unspecified atom stereocenters. The van der Waals surface area contributed by atoms with Crippen molar-refractivity contribution >= 4 is 5.82 Å². The van der Waals surface area contributed by atoms with Gasteiger partial charge < -0.3 is 10.2 Å². The van der Waals surface area contributed by atoms with Crippen molar-refractivity contribution in [1.82, 2.24) is 15.3 Å². The number of anilines is 1. The first-order valence-electron chi connectivity index (χ1n) is 4.58. The van der Waals surface area contributed by atoms with Crippen LogP contribution >= 0.6 is 0 Å². The van der Waals surface area contributed by atoms with Gasteiger partial charge in [0.25, 0.3) is 0 Å². The van der Waals surface area contributed by atoms with E-state index in [9.17, 15) is 0 Å². The van der Waals surface area contributed by atoms with E-state index in [4.69, 9.17) is 0 Å². The minimum absolute atomic E-state index is 0.606. The highest BCUT2D eigenvalue weighted by atomic mass is 15.2. The first-order chi connectivity index (χ1) is 6.40. The quantitative estimate of drug-likeness (QED) is 0.706. The zero-order chi connectivity index (χ0) is 9.10. The third-order valence-electron chi connectivity index (χ3n) is 2.49. The molecule has 13 heavy (non-hydrogen) atoms. The van der Waals surface area contributed by atoms with Crippen LogP contribution in [0.15, 0.2) is 18.6 Å². The molecule has 1 aromatic rings. The molecule has 0 saturated carbocycles. The molecule has 1 atom stereocenters. The maximum absolute atomic E-state index is 4.22. The summed E-state index contributed by atoms with van der Waals surface area (Å²) in [7, 11) is 2.01. The van der Waals surface area contributed by atoms with E-state index in [2.05, 4.69) is 20.2 Å². The fourth-order valence-electron chi connectivity index (χ4n) is 1.67. The van der Waals surface area contributed by atoms with Crippen molar-refractivity contribution in [2.75, 3.05) is 25.0 Å². The molecular formula is C9H14N4. The van der Waals surface area contributed by atoms with Crippen LogP contribution in [0.3, 0.4) is 0 Å². The summed E-state index contributed by atoms with van der Waals surface area (Å²) >= 11 is 0. The molecule has 70 valence electrons. The normalized spacial score (nSPS) is 22.2. The molecule has 2 rings (SSSR count). The number of hydrogen-bond acceptors (Lipinski definition) is 4. The first-order valence-corrected chi connectivity index (χ1v) is 4.58. The second kappa shape index (κ2) is 3.70. The molecule has 1 aliphatic heterocycles. The summed E-state index contributed by atoms with van der Waals surface area (Å²) in [6.07, 6.45) is 4.58. The molecule has 1 aliphatic rings. The van der Waals surface area contributed by atoms with E-state index in [0.29, 0.717) is 6.04 Å². The van der Waals surface area contributed by atoms with Crippen LogP contribution in [-0.4, -0.2) is 36.1 Å². The van der Waals surface area contributed by atoms with E-state index in [0.717, 1.165) is 18.9 Å². The lowest BCUT2D eigenvalue weighted by Gasteiger charge is -2.16. The van der Waals surface area contributed by atoms with Crippen molar-refractivity contribution < 1.29 is 0 Å². The molecule has 4 heteroatoms. The second-order valence-electron chi connectivity index (χ2n) is 3.29. The largest absolute Gasteiger partial charge is 0.355 e. The summed E-state index contributed by atoms with van der Waals surface area (Å²) in [5.41, 5.74) is 0. The fourth-order valence-corrected chi connectivity index (χ4v) is 1.67. The van der Waals surface area contributed by atoms with Crippen LogP contribution in [0.5, 0.6) is 0 Å². The van der Waals surface area contributed by atoms with Crippen LogP contribution in [0, 0.1) is 0 Å². The van der Waals surface area contributed by atoms with Gasteiger partial charge in [-0.15, -0.1) is 0 Å². The molecule has 0 amide bonds. The number of rotatable bonds is 2. The first kappa shape index (κ1) is 8.44. The Morgan fingerprint density at radius 3 is 3.15 bits per heavy atom. The van der Waals surface area contributed by atoms with Crippen LogP contribution in [0.25, 0.3) is 0 Å². The Labute approximate surface area is 78.0 Å². The summed E-state index contributed by atoms with van der Waals surface area (Å²) in [4.78, 5) is 10.4. The number of likely N-dealkylation sites (N-methyl/N-ethyl adjacent to an activating group) is 1. The molecular weight excluding hydrogens is 164 g/mol. The Morgan fingerprint density at radius 1 is 1.62 bits per heavy atom. The highest BCUT2D eigenvalue weighted by Crippen LogP contribution is 2.16. The zero-order valence-electron chi connectivity index (χ0n) is 7.77. The Morgan fingerprint density at radius 2 is 2.54 bits per heavy atom. The highest BCUT2D eigenvalue weighted by Gasteiger charge is 2.21. The lowest BCUT2D eigenvalue weighted by atomic mass is 10.3. The van der Waals surface area contributed by atoms with Crippen molar-refractivity contribution in [1.29, 1.82) is 0 Å². The molecule has 1 N–H and O–H groups in total. The second-order valence-corrected chi connectivity index (χ2v) is 3.29. The van der Waals surface area contributed by atoms with E-state index in [-0.39, 0.29) is 0 Å². The Bertz CT molecular complexity index is 262. The van der Waals surface area contributed by atoms with Crippen LogP contribution in [0.1, 0.15) is 6.42 Å². The van der Waals surface area contributed by atoms with E-state index in [1.807, 2.05) is 13.1 Å². The van der Waals surface area contributed by atoms with Gasteiger partial charge in [-0.25, -0.2) is 9.97 Å². The number of nitrogens with zero attached hydrogens (tertiary/aromatic N) is 3. The molecule has 1 aromatic heterocycles. The average Bonchev–Trinajstić information content (AvgIpc) is 2.67. The molecule has 2 heterocycles. The van der Waals surface area contributed by atoms with Crippen LogP contribution in [0.2, 0.25) is 0 Å². The predicted molar refractivity (Wildman–Crippen MR) is 51.7 cm³/mol. The maximum Gasteiger partial charge on any atom is 0.131 e. The van der Waals surface area contributed by atoms with Crippen molar-refractivity contribution in [3.63, 3.8) is 0 Å². The standard InChI is InChI=1S/C9H14N4/c1-10-8-3-5-13(6-8)9-2-4-11-7-12-9/h2,4,7-8,10H,3,5-6H2,1H3/t8-/m1/s1. The molecule has 0 radical (unpaired) electrons. The number of aromatic nitrogens is 2. The van der Waals surface area contributed by atoms with Gasteiger partial charge in [-0.2, -0.15) is 0 Å². The summed E-state index contributed by atoms with van der Waals surface area (Å²) in [6.45, 7) is 2.13. The van der Waals surface area contributed by atoms with Gasteiger partial charge in [-0.05, 0) is 19.5 Å². The Balaban J connectivity index is 2.04. The smallest absolute Gasteiger partial charge is 0.131 e. The van der Waals surface area contributed by atoms with Gasteiger partial charge in [0, 0.05) is 25.3 Å². The zero-order valence-corrected chi connectivity index (χ0v) is 7.77. The fraction of sp³-hybridized carbons (Fsp3) is 0.556. The van der Waals surface area contributed by atoms with E-state index < -0.39 is 0 Å². The third-order valence-corrected chi connectivity index (χ3v) is 2.49. The predicted octanol–water partition coefficient (Wildman–Crippen LogP) is 0.275. The highest BCUT2D eigenvalue weighted by molar-refractivity contribution is 5.38. The number of nitrogens with one attached hydrogen (secondary N) is 1. The minimum atomic E-state index is 0.606. The minimum Gasteiger partial charge on any atom is -0.355 e. The van der Waals surface area contributed by atoms with Crippen LogP contribution in [-0.2, 0) is 0 Å². The summed E-state index contributed by atoms with van der Waals surface area (Å²) < 4.78 is 0. The van der Waals surface area contributed by atoms with Gasteiger partial charge in [-0.1, -0.05) is 0 Å². The van der Waals surface area contributed by atoms with Gasteiger partial charge in [-0.3, -0.25) is 0 Å². The van der Waals surface area contributed by atoms with Crippen molar-refractivity contribution in [2.45, 2.75) is 12.5 Å². The summed E-state index contributed by atoms with van der Waals surface area (Å²) in [6, 6.07) is 2.56. The van der Waals surface area contributed by atoms with Gasteiger partial charge in [0.2, 0.25) is 0 Å². The molecule has 0 aromatic carbocycles. The lowest BCUT2D eigenvalue weighted by molar-refractivity contribution is 0.616.